The summed E-state index contributed by atoms with van der Waals surface area (Å²) in [5.74, 6) is -2.29. The molecule has 2 heterocycles. The molecule has 0 saturated carbocycles. The largest absolute Gasteiger partial charge is 0.454 e. The summed E-state index contributed by atoms with van der Waals surface area (Å²) in [6.45, 7) is 0.653. The van der Waals surface area contributed by atoms with E-state index in [-0.39, 0.29) is 18.4 Å². The number of fused-ring (bicyclic) bond motifs is 1. The molecule has 1 aromatic heterocycles. The second-order valence-electron chi connectivity index (χ2n) is 5.65. The van der Waals surface area contributed by atoms with E-state index in [0.29, 0.717) is 23.9 Å². The molecule has 2 aromatic carbocycles. The number of halogens is 3. The molecule has 0 spiro atoms. The summed E-state index contributed by atoms with van der Waals surface area (Å²) in [5, 5.41) is 5.63. The van der Waals surface area contributed by atoms with Crippen molar-refractivity contribution in [2.45, 2.75) is 6.54 Å². The van der Waals surface area contributed by atoms with Gasteiger partial charge >= 0.3 is 0 Å². The molecule has 138 valence electrons. The molecule has 0 fully saturated rings. The summed E-state index contributed by atoms with van der Waals surface area (Å²) in [7, 11) is 0. The topological polar surface area (TPSA) is 68.3 Å². The molecule has 0 saturated heterocycles. The van der Waals surface area contributed by atoms with Gasteiger partial charge in [-0.05, 0) is 35.9 Å². The van der Waals surface area contributed by atoms with Crippen LogP contribution >= 0.6 is 0 Å². The van der Waals surface area contributed by atoms with Crippen LogP contribution in [0.1, 0.15) is 5.56 Å². The average molecular weight is 374 g/mol. The third kappa shape index (κ3) is 3.57. The summed E-state index contributed by atoms with van der Waals surface area (Å²) in [4.78, 5) is 8.13. The van der Waals surface area contributed by atoms with Crippen molar-refractivity contribution >= 4 is 17.5 Å². The number of nitrogens with one attached hydrogen (secondary N) is 2. The van der Waals surface area contributed by atoms with E-state index in [2.05, 4.69) is 20.6 Å². The van der Waals surface area contributed by atoms with Crippen LogP contribution in [-0.2, 0) is 6.54 Å². The van der Waals surface area contributed by atoms with Crippen molar-refractivity contribution in [3.63, 3.8) is 0 Å². The molecule has 3 aromatic rings. The van der Waals surface area contributed by atoms with Gasteiger partial charge in [-0.15, -0.1) is 0 Å². The number of rotatable bonds is 5. The minimum absolute atomic E-state index is 0.0376. The Morgan fingerprint density at radius 3 is 2.70 bits per heavy atom. The molecule has 0 amide bonds. The first-order chi connectivity index (χ1) is 13.1. The fourth-order valence-corrected chi connectivity index (χ4v) is 2.50. The van der Waals surface area contributed by atoms with Gasteiger partial charge in [0.2, 0.25) is 12.7 Å². The van der Waals surface area contributed by atoms with Crippen LogP contribution in [0.3, 0.4) is 0 Å². The average Bonchev–Trinajstić information content (AvgIpc) is 3.15. The highest BCUT2D eigenvalue weighted by atomic mass is 19.2. The third-order valence-electron chi connectivity index (χ3n) is 3.85. The van der Waals surface area contributed by atoms with Gasteiger partial charge in [0.1, 0.15) is 5.82 Å². The number of ether oxygens (including phenoxy) is 2. The molecule has 6 nitrogen and oxygen atoms in total. The van der Waals surface area contributed by atoms with Gasteiger partial charge < -0.3 is 20.1 Å². The third-order valence-corrected chi connectivity index (χ3v) is 3.85. The summed E-state index contributed by atoms with van der Waals surface area (Å²) >= 11 is 0. The van der Waals surface area contributed by atoms with Crippen LogP contribution in [0.4, 0.5) is 30.6 Å². The van der Waals surface area contributed by atoms with Gasteiger partial charge in [0.15, 0.2) is 29.0 Å². The zero-order chi connectivity index (χ0) is 18.8. The van der Waals surface area contributed by atoms with Gasteiger partial charge in [-0.1, -0.05) is 6.07 Å². The molecule has 2 N–H and O–H groups in total. The monoisotopic (exact) mass is 374 g/mol. The second-order valence-corrected chi connectivity index (χ2v) is 5.65. The van der Waals surface area contributed by atoms with Gasteiger partial charge in [-0.3, -0.25) is 0 Å². The predicted molar refractivity (Wildman–Crippen MR) is 91.5 cm³/mol. The number of hydrogen-bond acceptors (Lipinski definition) is 6. The molecule has 0 atom stereocenters. The van der Waals surface area contributed by atoms with Crippen molar-refractivity contribution in [1.29, 1.82) is 0 Å². The zero-order valence-corrected chi connectivity index (χ0v) is 13.8. The van der Waals surface area contributed by atoms with Crippen molar-refractivity contribution in [2.75, 3.05) is 17.4 Å². The zero-order valence-electron chi connectivity index (χ0n) is 13.8. The summed E-state index contributed by atoms with van der Waals surface area (Å²) < 4.78 is 50.7. The number of benzene rings is 2. The van der Waals surface area contributed by atoms with Crippen LogP contribution in [0.25, 0.3) is 0 Å². The maximum absolute atomic E-state index is 13.8. The smallest absolute Gasteiger partial charge is 0.231 e. The Bertz CT molecular complexity index is 1000. The molecule has 0 aliphatic carbocycles. The molecule has 1 aliphatic heterocycles. The highest BCUT2D eigenvalue weighted by Gasteiger charge is 2.15. The molecule has 9 heteroatoms. The van der Waals surface area contributed by atoms with Crippen LogP contribution in [-0.4, -0.2) is 16.8 Å². The number of hydrogen-bond donors (Lipinski definition) is 2. The normalized spacial score (nSPS) is 12.1. The molecule has 1 aliphatic rings. The molecular weight excluding hydrogens is 361 g/mol. The van der Waals surface area contributed by atoms with E-state index in [9.17, 15) is 13.2 Å². The molecular formula is C18H13F3N4O2. The molecule has 27 heavy (non-hydrogen) atoms. The maximum atomic E-state index is 13.8. The van der Waals surface area contributed by atoms with Crippen molar-refractivity contribution in [2.24, 2.45) is 0 Å². The fraction of sp³-hybridized carbons (Fsp3) is 0.111. The fourth-order valence-electron chi connectivity index (χ4n) is 2.50. The Morgan fingerprint density at radius 2 is 1.81 bits per heavy atom. The van der Waals surface area contributed by atoms with Crippen LogP contribution < -0.4 is 20.1 Å². The van der Waals surface area contributed by atoms with Crippen molar-refractivity contribution in [3.05, 3.63) is 65.6 Å². The molecule has 0 unspecified atom stereocenters. The van der Waals surface area contributed by atoms with E-state index in [4.69, 9.17) is 9.47 Å². The lowest BCUT2D eigenvalue weighted by atomic mass is 10.2. The van der Waals surface area contributed by atoms with Crippen LogP contribution in [0.15, 0.2) is 42.6 Å². The second kappa shape index (κ2) is 7.02. The maximum Gasteiger partial charge on any atom is 0.231 e. The summed E-state index contributed by atoms with van der Waals surface area (Å²) in [6.07, 6.45) is 1.45. The number of nitrogens with zero attached hydrogens (tertiary/aromatic N) is 2. The van der Waals surface area contributed by atoms with Gasteiger partial charge in [-0.2, -0.15) is 4.98 Å². The first-order valence-electron chi connectivity index (χ1n) is 7.96. The highest BCUT2D eigenvalue weighted by Crippen LogP contribution is 2.32. The standard InChI is InChI=1S/C18H13F3N4O2/c19-11-2-3-12(17(21)16(11)20)24-18-22-6-5-15(25-18)23-8-10-1-4-13-14(7-10)27-9-26-13/h1-7H,8-9H2,(H2,22,23,24,25). The quantitative estimate of drug-likeness (QED) is 0.659. The minimum atomic E-state index is -1.56. The van der Waals surface area contributed by atoms with E-state index in [1.54, 1.807) is 6.07 Å². The van der Waals surface area contributed by atoms with E-state index in [1.807, 2.05) is 18.2 Å². The lowest BCUT2D eigenvalue weighted by Gasteiger charge is -2.10. The Hall–Kier alpha value is -3.49. The van der Waals surface area contributed by atoms with Crippen LogP contribution in [0.2, 0.25) is 0 Å². The molecule has 0 radical (unpaired) electrons. The summed E-state index contributed by atoms with van der Waals surface area (Å²) in [6, 6.07) is 9.08. The van der Waals surface area contributed by atoms with E-state index in [0.717, 1.165) is 17.7 Å². The van der Waals surface area contributed by atoms with E-state index >= 15 is 0 Å². The first kappa shape index (κ1) is 17.0. The van der Waals surface area contributed by atoms with Gasteiger partial charge in [-0.25, -0.2) is 18.2 Å². The number of anilines is 3. The Morgan fingerprint density at radius 1 is 0.963 bits per heavy atom. The minimum Gasteiger partial charge on any atom is -0.454 e. The number of aromatic nitrogens is 2. The van der Waals surface area contributed by atoms with Crippen LogP contribution in [0, 0.1) is 17.5 Å². The molecule has 0 bridgehead atoms. The van der Waals surface area contributed by atoms with Gasteiger partial charge in [0, 0.05) is 12.7 Å². The Labute approximate surface area is 152 Å². The highest BCUT2D eigenvalue weighted by molar-refractivity contribution is 5.56. The summed E-state index contributed by atoms with van der Waals surface area (Å²) in [5.41, 5.74) is 0.681. The Balaban J connectivity index is 1.46. The van der Waals surface area contributed by atoms with Gasteiger partial charge in [0.25, 0.3) is 0 Å². The first-order valence-corrected chi connectivity index (χ1v) is 7.96. The van der Waals surface area contributed by atoms with E-state index < -0.39 is 17.5 Å². The predicted octanol–water partition coefficient (Wildman–Crippen LogP) is 3.98. The van der Waals surface area contributed by atoms with Crippen molar-refractivity contribution in [3.8, 4) is 11.5 Å². The van der Waals surface area contributed by atoms with Crippen LogP contribution in [0.5, 0.6) is 11.5 Å². The van der Waals surface area contributed by atoms with Crippen molar-refractivity contribution < 1.29 is 22.6 Å². The van der Waals surface area contributed by atoms with E-state index in [1.165, 1.54) is 6.20 Å². The lowest BCUT2D eigenvalue weighted by molar-refractivity contribution is 0.174. The lowest BCUT2D eigenvalue weighted by Crippen LogP contribution is -2.05. The Kier molecular flexibility index (Phi) is 4.41. The van der Waals surface area contributed by atoms with Crippen molar-refractivity contribution in [1.82, 2.24) is 9.97 Å². The SMILES string of the molecule is Fc1ccc(Nc2nccc(NCc3ccc4c(c3)OCO4)n2)c(F)c1F. The van der Waals surface area contributed by atoms with Gasteiger partial charge in [0.05, 0.1) is 5.69 Å². The molecule has 4 rings (SSSR count).